The molecule has 1 aliphatic carbocycles. The third kappa shape index (κ3) is 3.51. The first-order valence-electron chi connectivity index (χ1n) is 5.88. The van der Waals surface area contributed by atoms with Crippen LogP contribution in [-0.2, 0) is 19.1 Å². The van der Waals surface area contributed by atoms with Gasteiger partial charge in [0.15, 0.2) is 0 Å². The lowest BCUT2D eigenvalue weighted by Gasteiger charge is -2.24. The van der Waals surface area contributed by atoms with Crippen LogP contribution in [0.25, 0.3) is 0 Å². The van der Waals surface area contributed by atoms with Gasteiger partial charge in [-0.05, 0) is 39.5 Å². The smallest absolute Gasteiger partial charge is 0.350 e. The summed E-state index contributed by atoms with van der Waals surface area (Å²) in [7, 11) is 0. The molecule has 4 nitrogen and oxygen atoms in total. The number of hydrogen-bond acceptors (Lipinski definition) is 4. The second kappa shape index (κ2) is 5.32. The van der Waals surface area contributed by atoms with Crippen molar-refractivity contribution in [2.24, 2.45) is 0 Å². The molecular formula is C12H20O4. The summed E-state index contributed by atoms with van der Waals surface area (Å²) in [5.41, 5.74) is -1.17. The molecule has 0 aromatic rings. The maximum absolute atomic E-state index is 11.8. The molecule has 0 amide bonds. The quantitative estimate of drug-likeness (QED) is 0.692. The second-order valence-electron chi connectivity index (χ2n) is 4.65. The van der Waals surface area contributed by atoms with E-state index in [2.05, 4.69) is 0 Å². The minimum atomic E-state index is -1.17. The maximum Gasteiger partial charge on any atom is 0.350 e. The first-order chi connectivity index (χ1) is 7.45. The topological polar surface area (TPSA) is 52.6 Å². The van der Waals surface area contributed by atoms with Crippen LogP contribution in [0.5, 0.6) is 0 Å². The molecule has 1 fully saturated rings. The van der Waals surface area contributed by atoms with Gasteiger partial charge in [0.2, 0.25) is 5.60 Å². The van der Waals surface area contributed by atoms with Gasteiger partial charge < -0.3 is 9.47 Å². The van der Waals surface area contributed by atoms with E-state index in [1.165, 1.54) is 0 Å². The first-order valence-corrected chi connectivity index (χ1v) is 5.88. The summed E-state index contributed by atoms with van der Waals surface area (Å²) >= 11 is 0. The van der Waals surface area contributed by atoms with Gasteiger partial charge in [-0.1, -0.05) is 6.92 Å². The molecular weight excluding hydrogens is 208 g/mol. The Labute approximate surface area is 96.3 Å². The highest BCUT2D eigenvalue weighted by atomic mass is 16.6. The van der Waals surface area contributed by atoms with Gasteiger partial charge in [0.1, 0.15) is 6.10 Å². The van der Waals surface area contributed by atoms with E-state index in [-0.39, 0.29) is 18.5 Å². The number of esters is 2. The van der Waals surface area contributed by atoms with Crippen molar-refractivity contribution in [2.75, 3.05) is 0 Å². The van der Waals surface area contributed by atoms with Gasteiger partial charge >= 0.3 is 11.9 Å². The Morgan fingerprint density at radius 1 is 1.25 bits per heavy atom. The van der Waals surface area contributed by atoms with E-state index < -0.39 is 11.6 Å². The zero-order chi connectivity index (χ0) is 12.2. The Morgan fingerprint density at radius 2 is 1.81 bits per heavy atom. The Balaban J connectivity index is 2.46. The van der Waals surface area contributed by atoms with E-state index in [0.717, 1.165) is 25.7 Å². The summed E-state index contributed by atoms with van der Waals surface area (Å²) in [6.45, 7) is 4.83. The summed E-state index contributed by atoms with van der Waals surface area (Å²) in [5.74, 6) is -0.824. The van der Waals surface area contributed by atoms with Crippen LogP contribution in [0.1, 0.15) is 52.9 Å². The Kier molecular flexibility index (Phi) is 4.33. The number of ether oxygens (including phenoxy) is 2. The van der Waals surface area contributed by atoms with Crippen LogP contribution in [0.2, 0.25) is 0 Å². The van der Waals surface area contributed by atoms with E-state index in [1.54, 1.807) is 20.8 Å². The minimum absolute atomic E-state index is 0.00658. The highest BCUT2D eigenvalue weighted by Gasteiger charge is 2.35. The molecule has 1 rings (SSSR count). The van der Waals surface area contributed by atoms with Gasteiger partial charge in [0.05, 0.1) is 0 Å². The largest absolute Gasteiger partial charge is 0.459 e. The van der Waals surface area contributed by atoms with E-state index >= 15 is 0 Å². The molecule has 0 aromatic heterocycles. The lowest BCUT2D eigenvalue weighted by atomic mass is 10.1. The van der Waals surface area contributed by atoms with E-state index in [0.29, 0.717) is 0 Å². The molecule has 0 unspecified atom stereocenters. The van der Waals surface area contributed by atoms with Crippen LogP contribution >= 0.6 is 0 Å². The lowest BCUT2D eigenvalue weighted by molar-refractivity contribution is -0.181. The molecule has 1 aliphatic rings. The molecule has 92 valence electrons. The molecule has 4 heteroatoms. The maximum atomic E-state index is 11.8. The molecule has 0 heterocycles. The van der Waals surface area contributed by atoms with Crippen LogP contribution in [0.15, 0.2) is 0 Å². The standard InChI is InChI=1S/C12H20O4/c1-4-10(13)16-12(2,3)11(14)15-9-7-5-6-8-9/h9H,4-8H2,1-3H3. The van der Waals surface area contributed by atoms with Crippen molar-refractivity contribution in [1.82, 2.24) is 0 Å². The molecule has 0 bridgehead atoms. The summed E-state index contributed by atoms with van der Waals surface area (Å²) in [5, 5.41) is 0. The third-order valence-electron chi connectivity index (χ3n) is 2.73. The third-order valence-corrected chi connectivity index (χ3v) is 2.73. The summed E-state index contributed by atoms with van der Waals surface area (Å²) < 4.78 is 10.4. The van der Waals surface area contributed by atoms with Crippen molar-refractivity contribution in [3.63, 3.8) is 0 Å². The van der Waals surface area contributed by atoms with Gasteiger partial charge in [-0.2, -0.15) is 0 Å². The van der Waals surface area contributed by atoms with Crippen molar-refractivity contribution < 1.29 is 19.1 Å². The first kappa shape index (κ1) is 13.0. The van der Waals surface area contributed by atoms with Crippen LogP contribution in [0, 0.1) is 0 Å². The zero-order valence-corrected chi connectivity index (χ0v) is 10.2. The Bertz CT molecular complexity index is 264. The molecule has 0 aromatic carbocycles. The molecule has 1 saturated carbocycles. The number of hydrogen-bond donors (Lipinski definition) is 0. The Hall–Kier alpha value is -1.06. The molecule has 16 heavy (non-hydrogen) atoms. The average molecular weight is 228 g/mol. The van der Waals surface area contributed by atoms with Crippen molar-refractivity contribution in [3.8, 4) is 0 Å². The zero-order valence-electron chi connectivity index (χ0n) is 10.2. The second-order valence-corrected chi connectivity index (χ2v) is 4.65. The van der Waals surface area contributed by atoms with Gasteiger partial charge in [0, 0.05) is 6.42 Å². The van der Waals surface area contributed by atoms with Crippen molar-refractivity contribution in [3.05, 3.63) is 0 Å². The minimum Gasteiger partial charge on any atom is -0.459 e. The molecule has 0 N–H and O–H groups in total. The summed E-state index contributed by atoms with van der Waals surface area (Å²) in [4.78, 5) is 22.9. The van der Waals surface area contributed by atoms with Crippen LogP contribution in [0.4, 0.5) is 0 Å². The van der Waals surface area contributed by atoms with Gasteiger partial charge in [0.25, 0.3) is 0 Å². The monoisotopic (exact) mass is 228 g/mol. The van der Waals surface area contributed by atoms with E-state index in [1.807, 2.05) is 0 Å². The highest BCUT2D eigenvalue weighted by molar-refractivity contribution is 5.82. The molecule has 0 saturated heterocycles. The lowest BCUT2D eigenvalue weighted by Crippen LogP contribution is -2.40. The number of carbonyl (C=O) groups is 2. The summed E-state index contributed by atoms with van der Waals surface area (Å²) in [6.07, 6.45) is 4.32. The van der Waals surface area contributed by atoms with Crippen LogP contribution in [-0.4, -0.2) is 23.6 Å². The van der Waals surface area contributed by atoms with Crippen molar-refractivity contribution >= 4 is 11.9 Å². The summed E-state index contributed by atoms with van der Waals surface area (Å²) in [6, 6.07) is 0. The predicted molar refractivity (Wildman–Crippen MR) is 58.8 cm³/mol. The predicted octanol–water partition coefficient (Wildman–Crippen LogP) is 2.20. The van der Waals surface area contributed by atoms with Gasteiger partial charge in [-0.25, -0.2) is 4.79 Å². The fourth-order valence-corrected chi connectivity index (χ4v) is 1.70. The van der Waals surface area contributed by atoms with Gasteiger partial charge in [-0.3, -0.25) is 4.79 Å². The number of carbonyl (C=O) groups excluding carboxylic acids is 2. The fourth-order valence-electron chi connectivity index (χ4n) is 1.70. The Morgan fingerprint density at radius 3 is 2.31 bits per heavy atom. The molecule has 0 atom stereocenters. The van der Waals surface area contributed by atoms with Crippen molar-refractivity contribution in [2.45, 2.75) is 64.6 Å². The number of rotatable bonds is 4. The normalized spacial score (nSPS) is 17.2. The SMILES string of the molecule is CCC(=O)OC(C)(C)C(=O)OC1CCCC1. The van der Waals surface area contributed by atoms with Crippen LogP contribution < -0.4 is 0 Å². The fraction of sp³-hybridized carbons (Fsp3) is 0.833. The van der Waals surface area contributed by atoms with Gasteiger partial charge in [-0.15, -0.1) is 0 Å². The molecule has 0 radical (unpaired) electrons. The average Bonchev–Trinajstić information content (AvgIpc) is 2.69. The van der Waals surface area contributed by atoms with Crippen molar-refractivity contribution in [1.29, 1.82) is 0 Å². The van der Waals surface area contributed by atoms with E-state index in [4.69, 9.17) is 9.47 Å². The van der Waals surface area contributed by atoms with Crippen LogP contribution in [0.3, 0.4) is 0 Å². The molecule has 0 spiro atoms. The molecule has 0 aliphatic heterocycles. The highest BCUT2D eigenvalue weighted by Crippen LogP contribution is 2.23. The van der Waals surface area contributed by atoms with E-state index in [9.17, 15) is 9.59 Å².